The summed E-state index contributed by atoms with van der Waals surface area (Å²) in [5.74, 6) is 0.268. The van der Waals surface area contributed by atoms with Crippen LogP contribution in [-0.4, -0.2) is 62.6 Å². The predicted octanol–water partition coefficient (Wildman–Crippen LogP) is 3.96. The van der Waals surface area contributed by atoms with Crippen molar-refractivity contribution in [3.8, 4) is 11.4 Å². The molecule has 2 aromatic carbocycles. The minimum absolute atomic E-state index is 0.0175. The van der Waals surface area contributed by atoms with Gasteiger partial charge in [-0.3, -0.25) is 23.7 Å². The Kier molecular flexibility index (Phi) is 13.3. The molecule has 12 heteroatoms. The highest BCUT2D eigenvalue weighted by atomic mass is 35.5. The van der Waals surface area contributed by atoms with Gasteiger partial charge in [0.25, 0.3) is 11.5 Å². The molecule has 0 spiro atoms. The molecule has 1 heterocycles. The van der Waals surface area contributed by atoms with E-state index in [-0.39, 0.29) is 24.0 Å². The second-order valence-electron chi connectivity index (χ2n) is 8.74. The van der Waals surface area contributed by atoms with Gasteiger partial charge in [-0.05, 0) is 61.2 Å². The molecule has 0 unspecified atom stereocenters. The first-order valence-corrected chi connectivity index (χ1v) is 12.6. The lowest BCUT2D eigenvalue weighted by Crippen LogP contribution is -2.28. The maximum absolute atomic E-state index is 13.8. The second-order valence-corrected chi connectivity index (χ2v) is 9.18. The number of pyridine rings is 1. The SMILES string of the molecule is CN(C)C(=O)COc1ccn(-c2ccc(NC=O)c(F)c2)c(=O)c1.COCC1CC1.O=CNc1ccc(Cl)cc1. The number of nitrogens with one attached hydrogen (secondary N) is 2. The number of likely N-dealkylation sites (N-methyl/N-ethyl adjacent to an activating group) is 1. The molecule has 1 aromatic heterocycles. The van der Waals surface area contributed by atoms with E-state index in [2.05, 4.69) is 10.6 Å². The fraction of sp³-hybridized carbons (Fsp3) is 0.286. The topological polar surface area (TPSA) is 119 Å². The molecule has 0 aliphatic heterocycles. The monoisotopic (exact) mass is 574 g/mol. The third-order valence-corrected chi connectivity index (χ3v) is 5.62. The van der Waals surface area contributed by atoms with Crippen molar-refractivity contribution in [1.82, 2.24) is 9.47 Å². The fourth-order valence-electron chi connectivity index (χ4n) is 3.01. The number of ether oxygens (including phenoxy) is 2. The number of benzene rings is 2. The van der Waals surface area contributed by atoms with Crippen LogP contribution in [0.3, 0.4) is 0 Å². The molecular weight excluding hydrogens is 543 g/mol. The van der Waals surface area contributed by atoms with Gasteiger partial charge in [0.15, 0.2) is 6.61 Å². The molecule has 10 nitrogen and oxygen atoms in total. The molecule has 3 aromatic rings. The molecule has 1 aliphatic rings. The number of anilines is 2. The minimum Gasteiger partial charge on any atom is -0.484 e. The van der Waals surface area contributed by atoms with Gasteiger partial charge in [0, 0.05) is 56.9 Å². The van der Waals surface area contributed by atoms with Gasteiger partial charge in [0.1, 0.15) is 11.6 Å². The third kappa shape index (κ3) is 11.3. The van der Waals surface area contributed by atoms with E-state index in [9.17, 15) is 23.6 Å². The molecule has 1 fully saturated rings. The number of aromatic nitrogens is 1. The number of methoxy groups -OCH3 is 1. The summed E-state index contributed by atoms with van der Waals surface area (Å²) in [7, 11) is 4.96. The number of hydrogen-bond donors (Lipinski definition) is 2. The van der Waals surface area contributed by atoms with E-state index >= 15 is 0 Å². The Labute approximate surface area is 236 Å². The van der Waals surface area contributed by atoms with Crippen molar-refractivity contribution in [3.63, 3.8) is 0 Å². The number of nitrogens with zero attached hydrogens (tertiary/aromatic N) is 2. The van der Waals surface area contributed by atoms with E-state index < -0.39 is 11.4 Å². The van der Waals surface area contributed by atoms with E-state index in [1.54, 1.807) is 45.5 Å². The lowest BCUT2D eigenvalue weighted by molar-refractivity contribution is -0.130. The number of carbonyl (C=O) groups is 3. The number of carbonyl (C=O) groups excluding carboxylic acids is 3. The van der Waals surface area contributed by atoms with Crippen LogP contribution in [0.25, 0.3) is 5.69 Å². The average Bonchev–Trinajstić information content (AvgIpc) is 3.75. The standard InChI is InChI=1S/C16H16FN3O4.C7H6ClNO.C5H10O/c1-19(2)16(23)9-24-12-5-6-20(15(22)8-12)11-3-4-14(18-10-21)13(17)7-11;8-6-1-3-7(4-2-6)9-5-10;1-6-4-5-2-3-5/h3-8,10H,9H2,1-2H3,(H,18,21);1-5H,(H,9,10);5H,2-4H2,1H3. The summed E-state index contributed by atoms with van der Waals surface area (Å²) in [6.45, 7) is 0.803. The highest BCUT2D eigenvalue weighted by Crippen LogP contribution is 2.28. The van der Waals surface area contributed by atoms with Crippen LogP contribution in [0.1, 0.15) is 12.8 Å². The predicted molar refractivity (Wildman–Crippen MR) is 152 cm³/mol. The van der Waals surface area contributed by atoms with Crippen LogP contribution in [0, 0.1) is 11.7 Å². The van der Waals surface area contributed by atoms with Crippen LogP contribution in [0.4, 0.5) is 15.8 Å². The highest BCUT2D eigenvalue weighted by Gasteiger charge is 2.20. The molecule has 214 valence electrons. The van der Waals surface area contributed by atoms with Crippen molar-refractivity contribution in [1.29, 1.82) is 0 Å². The smallest absolute Gasteiger partial charge is 0.259 e. The molecule has 0 radical (unpaired) electrons. The molecule has 4 rings (SSSR count). The van der Waals surface area contributed by atoms with Gasteiger partial charge in [0.05, 0.1) is 11.4 Å². The summed E-state index contributed by atoms with van der Waals surface area (Å²) < 4.78 is 25.1. The van der Waals surface area contributed by atoms with E-state index in [0.29, 0.717) is 23.5 Å². The fourth-order valence-corrected chi connectivity index (χ4v) is 3.13. The number of hydrogen-bond acceptors (Lipinski definition) is 6. The Morgan fingerprint density at radius 3 is 2.25 bits per heavy atom. The van der Waals surface area contributed by atoms with Crippen LogP contribution < -0.4 is 20.9 Å². The van der Waals surface area contributed by atoms with Gasteiger partial charge in [-0.25, -0.2) is 4.39 Å². The van der Waals surface area contributed by atoms with Crippen LogP contribution >= 0.6 is 11.6 Å². The van der Waals surface area contributed by atoms with Crippen molar-refractivity contribution in [2.45, 2.75) is 12.8 Å². The largest absolute Gasteiger partial charge is 0.484 e. The van der Waals surface area contributed by atoms with Gasteiger partial charge in [-0.15, -0.1) is 0 Å². The van der Waals surface area contributed by atoms with Crippen molar-refractivity contribution in [3.05, 3.63) is 82.0 Å². The lowest BCUT2D eigenvalue weighted by atomic mass is 10.2. The van der Waals surface area contributed by atoms with E-state index in [4.69, 9.17) is 21.1 Å². The van der Waals surface area contributed by atoms with E-state index in [1.165, 1.54) is 52.8 Å². The number of rotatable bonds is 10. The van der Waals surface area contributed by atoms with Crippen molar-refractivity contribution >= 4 is 41.7 Å². The maximum Gasteiger partial charge on any atom is 0.259 e. The van der Waals surface area contributed by atoms with E-state index in [1.807, 2.05) is 0 Å². The molecule has 0 atom stereocenters. The van der Waals surface area contributed by atoms with Crippen LogP contribution in [0.2, 0.25) is 5.02 Å². The Bertz CT molecular complexity index is 1310. The zero-order valence-corrected chi connectivity index (χ0v) is 23.2. The second kappa shape index (κ2) is 16.7. The zero-order valence-electron chi connectivity index (χ0n) is 22.4. The van der Waals surface area contributed by atoms with Gasteiger partial charge < -0.3 is 25.0 Å². The average molecular weight is 575 g/mol. The highest BCUT2D eigenvalue weighted by molar-refractivity contribution is 6.30. The molecule has 0 bridgehead atoms. The quantitative estimate of drug-likeness (QED) is 0.354. The molecule has 3 amide bonds. The van der Waals surface area contributed by atoms with Crippen molar-refractivity contribution < 1.29 is 28.2 Å². The maximum atomic E-state index is 13.8. The first-order valence-electron chi connectivity index (χ1n) is 12.2. The molecular formula is C28H32ClFN4O6. The van der Waals surface area contributed by atoms with Crippen LogP contribution in [-0.2, 0) is 19.1 Å². The molecule has 1 saturated carbocycles. The van der Waals surface area contributed by atoms with E-state index in [0.717, 1.165) is 24.3 Å². The van der Waals surface area contributed by atoms with Crippen molar-refractivity contribution in [2.75, 3.05) is 45.1 Å². The van der Waals surface area contributed by atoms with Gasteiger partial charge in [0.2, 0.25) is 12.8 Å². The molecule has 1 aliphatic carbocycles. The van der Waals surface area contributed by atoms with Gasteiger partial charge >= 0.3 is 0 Å². The van der Waals surface area contributed by atoms with Gasteiger partial charge in [-0.2, -0.15) is 0 Å². The first-order chi connectivity index (χ1) is 19.2. The zero-order chi connectivity index (χ0) is 29.5. The summed E-state index contributed by atoms with van der Waals surface area (Å²) in [4.78, 5) is 45.2. The summed E-state index contributed by atoms with van der Waals surface area (Å²) in [6.07, 6.45) is 5.20. The number of amides is 3. The van der Waals surface area contributed by atoms with Crippen LogP contribution in [0.15, 0.2) is 65.6 Å². The third-order valence-electron chi connectivity index (χ3n) is 5.37. The van der Waals surface area contributed by atoms with Crippen molar-refractivity contribution in [2.24, 2.45) is 5.92 Å². The van der Waals surface area contributed by atoms with Gasteiger partial charge in [-0.1, -0.05) is 11.6 Å². The Morgan fingerprint density at radius 1 is 1.07 bits per heavy atom. The molecule has 2 N–H and O–H groups in total. The molecule has 0 saturated heterocycles. The Hall–Kier alpha value is -4.22. The summed E-state index contributed by atoms with van der Waals surface area (Å²) >= 11 is 5.60. The Balaban J connectivity index is 0.000000283. The Morgan fingerprint density at radius 2 is 1.75 bits per heavy atom. The summed E-state index contributed by atoms with van der Waals surface area (Å²) in [5.41, 5.74) is 0.619. The normalized spacial score (nSPS) is 11.5. The lowest BCUT2D eigenvalue weighted by Gasteiger charge is -2.12. The summed E-state index contributed by atoms with van der Waals surface area (Å²) in [5, 5.41) is 5.37. The first kappa shape index (κ1) is 32.0. The van der Waals surface area contributed by atoms with Crippen LogP contribution in [0.5, 0.6) is 5.75 Å². The molecule has 40 heavy (non-hydrogen) atoms. The number of halogens is 2. The minimum atomic E-state index is -0.664. The summed E-state index contributed by atoms with van der Waals surface area (Å²) in [6, 6.07) is 13.6.